The van der Waals surface area contributed by atoms with Gasteiger partial charge in [-0.2, -0.15) is 0 Å². The highest BCUT2D eigenvalue weighted by Crippen LogP contribution is 2.30. The number of hydrogen-bond donors (Lipinski definition) is 2. The largest absolute Gasteiger partial charge is 0.395 e. The third-order valence-corrected chi connectivity index (χ3v) is 4.67. The van der Waals surface area contributed by atoms with Crippen LogP contribution < -0.4 is 5.32 Å². The van der Waals surface area contributed by atoms with Crippen LogP contribution in [0.4, 0.5) is 0 Å². The average Bonchev–Trinajstić information content (AvgIpc) is 2.48. The molecule has 3 atom stereocenters. The molecule has 2 unspecified atom stereocenters. The van der Waals surface area contributed by atoms with Crippen molar-refractivity contribution < 1.29 is 5.11 Å². The first-order chi connectivity index (χ1) is 9.70. The van der Waals surface area contributed by atoms with Gasteiger partial charge in [-0.3, -0.25) is 0 Å². The van der Waals surface area contributed by atoms with Crippen molar-refractivity contribution in [2.75, 3.05) is 6.61 Å². The molecule has 0 aromatic heterocycles. The summed E-state index contributed by atoms with van der Waals surface area (Å²) in [6, 6.07) is 11.2. The summed E-state index contributed by atoms with van der Waals surface area (Å²) in [5.41, 5.74) is 1.30. The van der Waals surface area contributed by atoms with Crippen LogP contribution in [0.3, 0.4) is 0 Å². The van der Waals surface area contributed by atoms with Crippen molar-refractivity contribution in [1.82, 2.24) is 5.32 Å². The molecule has 0 bridgehead atoms. The Hall–Kier alpha value is -0.860. The van der Waals surface area contributed by atoms with E-state index in [-0.39, 0.29) is 12.6 Å². The van der Waals surface area contributed by atoms with Gasteiger partial charge in [0.2, 0.25) is 0 Å². The van der Waals surface area contributed by atoms with Crippen LogP contribution in [0, 0.1) is 11.8 Å². The minimum Gasteiger partial charge on any atom is -0.395 e. The van der Waals surface area contributed by atoms with Gasteiger partial charge in [0.25, 0.3) is 0 Å². The molecule has 2 rings (SSSR count). The Morgan fingerprint density at radius 1 is 1.15 bits per heavy atom. The van der Waals surface area contributed by atoms with Crippen molar-refractivity contribution in [3.63, 3.8) is 0 Å². The lowest BCUT2D eigenvalue weighted by Gasteiger charge is -2.37. The molecular weight excluding hydrogens is 246 g/mol. The van der Waals surface area contributed by atoms with Gasteiger partial charge in [0, 0.05) is 12.1 Å². The predicted molar refractivity (Wildman–Crippen MR) is 84.7 cm³/mol. The van der Waals surface area contributed by atoms with Gasteiger partial charge < -0.3 is 10.4 Å². The number of aliphatic hydroxyl groups is 1. The van der Waals surface area contributed by atoms with Crippen LogP contribution in [-0.4, -0.2) is 23.8 Å². The van der Waals surface area contributed by atoms with Gasteiger partial charge in [0.05, 0.1) is 6.61 Å². The highest BCUT2D eigenvalue weighted by Gasteiger charge is 2.28. The van der Waals surface area contributed by atoms with Gasteiger partial charge in [0.15, 0.2) is 0 Å². The third kappa shape index (κ3) is 4.32. The van der Waals surface area contributed by atoms with E-state index in [0.717, 1.165) is 18.3 Å². The predicted octanol–water partition coefficient (Wildman–Crippen LogP) is 3.39. The van der Waals surface area contributed by atoms with Crippen molar-refractivity contribution in [2.24, 2.45) is 11.8 Å². The highest BCUT2D eigenvalue weighted by molar-refractivity contribution is 5.16. The maximum absolute atomic E-state index is 9.68. The van der Waals surface area contributed by atoms with E-state index in [1.54, 1.807) is 0 Å². The molecule has 1 fully saturated rings. The maximum Gasteiger partial charge on any atom is 0.0587 e. The molecule has 0 heterocycles. The average molecular weight is 275 g/mol. The molecule has 1 aliphatic rings. The van der Waals surface area contributed by atoms with E-state index in [4.69, 9.17) is 0 Å². The molecule has 1 aromatic rings. The lowest BCUT2D eigenvalue weighted by atomic mass is 9.77. The van der Waals surface area contributed by atoms with Crippen molar-refractivity contribution in [3.05, 3.63) is 35.9 Å². The van der Waals surface area contributed by atoms with Crippen LogP contribution in [0.2, 0.25) is 0 Å². The summed E-state index contributed by atoms with van der Waals surface area (Å²) < 4.78 is 0. The molecule has 0 aliphatic heterocycles. The number of benzene rings is 1. The number of rotatable bonds is 6. The number of hydrogen-bond acceptors (Lipinski definition) is 2. The fourth-order valence-electron chi connectivity index (χ4n) is 3.54. The molecule has 0 radical (unpaired) electrons. The van der Waals surface area contributed by atoms with Crippen LogP contribution in [0.15, 0.2) is 30.3 Å². The second kappa shape index (κ2) is 7.80. The topological polar surface area (TPSA) is 32.3 Å². The van der Waals surface area contributed by atoms with Gasteiger partial charge in [-0.25, -0.2) is 0 Å². The Morgan fingerprint density at radius 2 is 1.85 bits per heavy atom. The summed E-state index contributed by atoms with van der Waals surface area (Å²) in [4.78, 5) is 0. The third-order valence-electron chi connectivity index (χ3n) is 4.67. The summed E-state index contributed by atoms with van der Waals surface area (Å²) in [5.74, 6) is 1.48. The monoisotopic (exact) mass is 275 g/mol. The van der Waals surface area contributed by atoms with E-state index < -0.39 is 0 Å². The van der Waals surface area contributed by atoms with Crippen molar-refractivity contribution in [1.29, 1.82) is 0 Å². The quantitative estimate of drug-likeness (QED) is 0.834. The molecule has 0 spiro atoms. The van der Waals surface area contributed by atoms with Gasteiger partial charge in [0.1, 0.15) is 0 Å². The SMILES string of the molecule is CC(C)C1CCCCC1N[C@H](CO)Cc1ccccc1. The standard InChI is InChI=1S/C18H29NO/c1-14(2)17-10-6-7-11-18(17)19-16(13-20)12-15-8-4-3-5-9-15/h3-5,8-9,14,16-20H,6-7,10-13H2,1-2H3/t16-,17?,18?/m0/s1. The Morgan fingerprint density at radius 3 is 2.50 bits per heavy atom. The highest BCUT2D eigenvalue weighted by atomic mass is 16.3. The summed E-state index contributed by atoms with van der Waals surface area (Å²) in [6.45, 7) is 4.88. The van der Waals surface area contributed by atoms with Crippen LogP contribution in [0.1, 0.15) is 45.1 Å². The summed E-state index contributed by atoms with van der Waals surface area (Å²) in [6.07, 6.45) is 6.19. The molecule has 2 heteroatoms. The number of nitrogens with one attached hydrogen (secondary N) is 1. The summed E-state index contributed by atoms with van der Waals surface area (Å²) in [5, 5.41) is 13.4. The van der Waals surface area contributed by atoms with E-state index in [0.29, 0.717) is 6.04 Å². The zero-order valence-corrected chi connectivity index (χ0v) is 12.9. The minimum absolute atomic E-state index is 0.182. The first-order valence-corrected chi connectivity index (χ1v) is 8.11. The van der Waals surface area contributed by atoms with E-state index in [2.05, 4.69) is 43.4 Å². The smallest absolute Gasteiger partial charge is 0.0587 e. The summed E-state index contributed by atoms with van der Waals surface area (Å²) in [7, 11) is 0. The molecule has 2 nitrogen and oxygen atoms in total. The first kappa shape index (κ1) is 15.5. The molecule has 0 saturated heterocycles. The minimum atomic E-state index is 0.182. The first-order valence-electron chi connectivity index (χ1n) is 8.11. The van der Waals surface area contributed by atoms with Crippen LogP contribution in [0.5, 0.6) is 0 Å². The molecule has 112 valence electrons. The number of aliphatic hydroxyl groups excluding tert-OH is 1. The summed E-state index contributed by atoms with van der Waals surface area (Å²) >= 11 is 0. The van der Waals surface area contributed by atoms with Crippen molar-refractivity contribution >= 4 is 0 Å². The molecule has 1 saturated carbocycles. The van der Waals surface area contributed by atoms with E-state index in [1.807, 2.05) is 6.07 Å². The second-order valence-electron chi connectivity index (χ2n) is 6.53. The van der Waals surface area contributed by atoms with Crippen LogP contribution >= 0.6 is 0 Å². The van der Waals surface area contributed by atoms with Crippen LogP contribution in [-0.2, 0) is 6.42 Å². The Labute approximate surface area is 123 Å². The van der Waals surface area contributed by atoms with E-state index >= 15 is 0 Å². The van der Waals surface area contributed by atoms with E-state index in [1.165, 1.54) is 31.2 Å². The Kier molecular flexibility index (Phi) is 6.06. The van der Waals surface area contributed by atoms with E-state index in [9.17, 15) is 5.11 Å². The van der Waals surface area contributed by atoms with Crippen molar-refractivity contribution in [2.45, 2.75) is 58.0 Å². The van der Waals surface area contributed by atoms with Gasteiger partial charge >= 0.3 is 0 Å². The van der Waals surface area contributed by atoms with Gasteiger partial charge in [-0.15, -0.1) is 0 Å². The maximum atomic E-state index is 9.68. The lowest BCUT2D eigenvalue weighted by molar-refractivity contribution is 0.162. The molecule has 1 aliphatic carbocycles. The fraction of sp³-hybridized carbons (Fsp3) is 0.667. The second-order valence-corrected chi connectivity index (χ2v) is 6.53. The molecule has 1 aromatic carbocycles. The van der Waals surface area contributed by atoms with Crippen molar-refractivity contribution in [3.8, 4) is 0 Å². The molecular formula is C18H29NO. The van der Waals surface area contributed by atoms with Crippen LogP contribution in [0.25, 0.3) is 0 Å². The Balaban J connectivity index is 1.94. The molecule has 20 heavy (non-hydrogen) atoms. The van der Waals surface area contributed by atoms with Gasteiger partial charge in [-0.1, -0.05) is 57.0 Å². The normalized spacial score (nSPS) is 24.8. The molecule has 0 amide bonds. The molecule has 2 N–H and O–H groups in total. The zero-order valence-electron chi connectivity index (χ0n) is 12.9. The zero-order chi connectivity index (χ0) is 14.4. The Bertz CT molecular complexity index is 376. The lowest BCUT2D eigenvalue weighted by Crippen LogP contribution is -2.48. The fourth-order valence-corrected chi connectivity index (χ4v) is 3.54. The van der Waals surface area contributed by atoms with Gasteiger partial charge in [-0.05, 0) is 36.7 Å².